The van der Waals surface area contributed by atoms with E-state index in [1.165, 1.54) is 0 Å². The number of thiophene rings is 1. The highest BCUT2D eigenvalue weighted by molar-refractivity contribution is 14.1. The van der Waals surface area contributed by atoms with Gasteiger partial charge < -0.3 is 5.32 Å². The Labute approximate surface area is 126 Å². The zero-order valence-corrected chi connectivity index (χ0v) is 13.3. The van der Waals surface area contributed by atoms with Crippen LogP contribution in [0.4, 0.5) is 0 Å². The van der Waals surface area contributed by atoms with Crippen molar-refractivity contribution in [3.8, 4) is 0 Å². The average Bonchev–Trinajstić information content (AvgIpc) is 2.72. The SMILES string of the molecule is O=C(NCc1sccc1Br)c1ccccc1I. The van der Waals surface area contributed by atoms with E-state index in [2.05, 4.69) is 43.8 Å². The van der Waals surface area contributed by atoms with Crippen LogP contribution in [0.1, 0.15) is 15.2 Å². The molecule has 0 radical (unpaired) electrons. The van der Waals surface area contributed by atoms with Crippen molar-refractivity contribution in [3.63, 3.8) is 0 Å². The Morgan fingerprint density at radius 2 is 2.12 bits per heavy atom. The predicted molar refractivity (Wildman–Crippen MR) is 82.3 cm³/mol. The van der Waals surface area contributed by atoms with Gasteiger partial charge >= 0.3 is 0 Å². The molecule has 1 N–H and O–H groups in total. The normalized spacial score (nSPS) is 10.2. The lowest BCUT2D eigenvalue weighted by atomic mass is 10.2. The van der Waals surface area contributed by atoms with E-state index in [1.807, 2.05) is 35.7 Å². The first kappa shape index (κ1) is 13.0. The van der Waals surface area contributed by atoms with Gasteiger partial charge in [-0.25, -0.2) is 0 Å². The van der Waals surface area contributed by atoms with E-state index in [0.29, 0.717) is 6.54 Å². The molecule has 1 aromatic heterocycles. The topological polar surface area (TPSA) is 29.1 Å². The molecule has 0 aliphatic rings. The first-order valence-corrected chi connectivity index (χ1v) is 7.68. The van der Waals surface area contributed by atoms with Gasteiger partial charge in [-0.3, -0.25) is 4.79 Å². The molecule has 2 nitrogen and oxygen atoms in total. The maximum absolute atomic E-state index is 11.9. The van der Waals surface area contributed by atoms with Crippen LogP contribution in [-0.4, -0.2) is 5.91 Å². The Hall–Kier alpha value is -0.400. The maximum atomic E-state index is 11.9. The van der Waals surface area contributed by atoms with Crippen LogP contribution in [0.25, 0.3) is 0 Å². The van der Waals surface area contributed by atoms with E-state index in [0.717, 1.165) is 18.5 Å². The second-order valence-electron chi connectivity index (χ2n) is 3.35. The van der Waals surface area contributed by atoms with Crippen LogP contribution < -0.4 is 5.32 Å². The minimum Gasteiger partial charge on any atom is -0.347 e. The van der Waals surface area contributed by atoms with Crippen LogP contribution in [-0.2, 0) is 6.54 Å². The molecule has 2 aromatic rings. The molecule has 0 bridgehead atoms. The number of carbonyl (C=O) groups is 1. The minimum atomic E-state index is -0.0321. The molecule has 0 spiro atoms. The molecule has 0 saturated heterocycles. The molecule has 88 valence electrons. The van der Waals surface area contributed by atoms with E-state index >= 15 is 0 Å². The van der Waals surface area contributed by atoms with Gasteiger partial charge in [-0.05, 0) is 62.1 Å². The van der Waals surface area contributed by atoms with E-state index in [4.69, 9.17) is 0 Å². The number of carbonyl (C=O) groups excluding carboxylic acids is 1. The van der Waals surface area contributed by atoms with E-state index in [1.54, 1.807) is 11.3 Å². The largest absolute Gasteiger partial charge is 0.347 e. The molecule has 5 heteroatoms. The molecule has 0 saturated carbocycles. The van der Waals surface area contributed by atoms with Crippen LogP contribution in [0, 0.1) is 3.57 Å². The number of benzene rings is 1. The Bertz CT molecular complexity index is 541. The van der Waals surface area contributed by atoms with Crippen LogP contribution in [0.5, 0.6) is 0 Å². The molecule has 1 aromatic carbocycles. The van der Waals surface area contributed by atoms with Gasteiger partial charge in [0, 0.05) is 12.9 Å². The third kappa shape index (κ3) is 3.29. The third-order valence-electron chi connectivity index (χ3n) is 2.22. The molecule has 17 heavy (non-hydrogen) atoms. The molecular weight excluding hydrogens is 413 g/mol. The molecule has 0 aliphatic carbocycles. The molecule has 0 aliphatic heterocycles. The highest BCUT2D eigenvalue weighted by Crippen LogP contribution is 2.22. The molecule has 2 rings (SSSR count). The number of hydrogen-bond donors (Lipinski definition) is 1. The van der Waals surface area contributed by atoms with Crippen LogP contribution >= 0.6 is 49.9 Å². The summed E-state index contributed by atoms with van der Waals surface area (Å²) in [5, 5.41) is 4.92. The summed E-state index contributed by atoms with van der Waals surface area (Å²) in [5.74, 6) is -0.0321. The fourth-order valence-electron chi connectivity index (χ4n) is 1.35. The van der Waals surface area contributed by atoms with Crippen LogP contribution in [0.2, 0.25) is 0 Å². The van der Waals surface area contributed by atoms with E-state index < -0.39 is 0 Å². The highest BCUT2D eigenvalue weighted by Gasteiger charge is 2.09. The zero-order valence-electron chi connectivity index (χ0n) is 8.74. The lowest BCUT2D eigenvalue weighted by Crippen LogP contribution is -2.23. The average molecular weight is 422 g/mol. The van der Waals surface area contributed by atoms with Gasteiger partial charge in [-0.1, -0.05) is 12.1 Å². The van der Waals surface area contributed by atoms with Crippen molar-refractivity contribution in [2.24, 2.45) is 0 Å². The Morgan fingerprint density at radius 3 is 2.76 bits per heavy atom. The van der Waals surface area contributed by atoms with Gasteiger partial charge in [-0.15, -0.1) is 11.3 Å². The second kappa shape index (κ2) is 5.97. The van der Waals surface area contributed by atoms with Crippen LogP contribution in [0.15, 0.2) is 40.2 Å². The van der Waals surface area contributed by atoms with Crippen molar-refractivity contribution in [2.75, 3.05) is 0 Å². The monoisotopic (exact) mass is 421 g/mol. The summed E-state index contributed by atoms with van der Waals surface area (Å²) in [6.45, 7) is 0.558. The lowest BCUT2D eigenvalue weighted by Gasteiger charge is -2.05. The molecule has 0 atom stereocenters. The molecule has 0 unspecified atom stereocenters. The summed E-state index contributed by atoms with van der Waals surface area (Å²) in [7, 11) is 0. The number of nitrogens with one attached hydrogen (secondary N) is 1. The summed E-state index contributed by atoms with van der Waals surface area (Å²) >= 11 is 7.24. The van der Waals surface area contributed by atoms with Crippen LogP contribution in [0.3, 0.4) is 0 Å². The standard InChI is InChI=1S/C12H9BrINOS/c13-9-5-6-17-11(9)7-15-12(16)8-3-1-2-4-10(8)14/h1-6H,7H2,(H,15,16). The maximum Gasteiger partial charge on any atom is 0.252 e. The first-order valence-electron chi connectivity index (χ1n) is 4.93. The molecule has 1 heterocycles. The van der Waals surface area contributed by atoms with Gasteiger partial charge in [0.05, 0.1) is 12.1 Å². The van der Waals surface area contributed by atoms with Crippen molar-refractivity contribution < 1.29 is 4.79 Å². The molecule has 1 amide bonds. The highest BCUT2D eigenvalue weighted by atomic mass is 127. The van der Waals surface area contributed by atoms with Gasteiger partial charge in [0.15, 0.2) is 0 Å². The summed E-state index contributed by atoms with van der Waals surface area (Å²) < 4.78 is 2.01. The lowest BCUT2D eigenvalue weighted by molar-refractivity contribution is 0.0950. The van der Waals surface area contributed by atoms with Crippen molar-refractivity contribution in [2.45, 2.75) is 6.54 Å². The fraction of sp³-hybridized carbons (Fsp3) is 0.0833. The van der Waals surface area contributed by atoms with Gasteiger partial charge in [0.1, 0.15) is 0 Å². The van der Waals surface area contributed by atoms with E-state index in [9.17, 15) is 4.79 Å². The van der Waals surface area contributed by atoms with Crippen molar-refractivity contribution in [1.82, 2.24) is 5.32 Å². The van der Waals surface area contributed by atoms with Gasteiger partial charge in [0.2, 0.25) is 0 Å². The molecule has 0 fully saturated rings. The number of amides is 1. The molecular formula is C12H9BrINOS. The van der Waals surface area contributed by atoms with Crippen molar-refractivity contribution in [1.29, 1.82) is 0 Å². The minimum absolute atomic E-state index is 0.0321. The second-order valence-corrected chi connectivity index (χ2v) is 6.37. The number of halogens is 2. The summed E-state index contributed by atoms with van der Waals surface area (Å²) in [5.41, 5.74) is 0.723. The Kier molecular flexibility index (Phi) is 4.58. The first-order chi connectivity index (χ1) is 8.18. The van der Waals surface area contributed by atoms with E-state index in [-0.39, 0.29) is 5.91 Å². The fourth-order valence-corrected chi connectivity index (χ4v) is 3.42. The summed E-state index contributed by atoms with van der Waals surface area (Å²) in [6.07, 6.45) is 0. The third-order valence-corrected chi connectivity index (χ3v) is 5.09. The Balaban J connectivity index is 2.04. The zero-order chi connectivity index (χ0) is 12.3. The summed E-state index contributed by atoms with van der Waals surface area (Å²) in [4.78, 5) is 13.1. The smallest absolute Gasteiger partial charge is 0.252 e. The van der Waals surface area contributed by atoms with Crippen molar-refractivity contribution >= 4 is 55.8 Å². The number of hydrogen-bond acceptors (Lipinski definition) is 2. The van der Waals surface area contributed by atoms with Gasteiger partial charge in [-0.2, -0.15) is 0 Å². The summed E-state index contributed by atoms with van der Waals surface area (Å²) in [6, 6.07) is 9.54. The Morgan fingerprint density at radius 1 is 1.35 bits per heavy atom. The quantitative estimate of drug-likeness (QED) is 0.744. The predicted octanol–water partition coefficient (Wildman–Crippen LogP) is 4.05. The van der Waals surface area contributed by atoms with Gasteiger partial charge in [0.25, 0.3) is 5.91 Å². The van der Waals surface area contributed by atoms with Crippen molar-refractivity contribution in [3.05, 3.63) is 54.2 Å². The number of rotatable bonds is 3.